The molecule has 0 radical (unpaired) electrons. The third kappa shape index (κ3) is 3.16. The molecule has 2 aromatic heterocycles. The number of anilines is 2. The average Bonchev–Trinajstić information content (AvgIpc) is 3.40. The highest BCUT2D eigenvalue weighted by Crippen LogP contribution is 2.40. The number of thiazole rings is 1. The number of nitrogens with zero attached hydrogens (tertiary/aromatic N) is 5. The third-order valence-corrected chi connectivity index (χ3v) is 7.43. The fraction of sp³-hybridized carbons (Fsp3) is 0.435. The molecule has 0 N–H and O–H groups in total. The van der Waals surface area contributed by atoms with Crippen molar-refractivity contribution < 1.29 is 9.53 Å². The van der Waals surface area contributed by atoms with E-state index in [4.69, 9.17) is 9.84 Å². The first-order valence-corrected chi connectivity index (χ1v) is 11.8. The van der Waals surface area contributed by atoms with Crippen LogP contribution in [0.2, 0.25) is 0 Å². The maximum atomic E-state index is 12.1. The molecule has 3 aliphatic heterocycles. The van der Waals surface area contributed by atoms with Crippen LogP contribution >= 0.6 is 11.3 Å². The summed E-state index contributed by atoms with van der Waals surface area (Å²) in [5.41, 5.74) is 6.22. The molecule has 0 aliphatic carbocycles. The molecule has 0 unspecified atom stereocenters. The Bertz CT molecular complexity index is 1140. The molecular formula is C23H25N5O2S. The van der Waals surface area contributed by atoms with Crippen LogP contribution in [0, 0.1) is 0 Å². The molecule has 0 atom stereocenters. The lowest BCUT2D eigenvalue weighted by Gasteiger charge is -2.33. The third-order valence-electron chi connectivity index (χ3n) is 6.61. The largest absolute Gasteiger partial charge is 0.377 e. The average molecular weight is 436 g/mol. The van der Waals surface area contributed by atoms with E-state index >= 15 is 0 Å². The van der Waals surface area contributed by atoms with Gasteiger partial charge in [0.25, 0.3) is 0 Å². The quantitative estimate of drug-likeness (QED) is 0.629. The van der Waals surface area contributed by atoms with E-state index < -0.39 is 0 Å². The van der Waals surface area contributed by atoms with Crippen molar-refractivity contribution in [3.8, 4) is 10.6 Å². The minimum atomic E-state index is 0.128. The molecule has 1 saturated heterocycles. The summed E-state index contributed by atoms with van der Waals surface area (Å²) in [6.07, 6.45) is 4.85. The van der Waals surface area contributed by atoms with Gasteiger partial charge in [0.15, 0.2) is 5.82 Å². The van der Waals surface area contributed by atoms with Crippen molar-refractivity contribution >= 4 is 28.7 Å². The molecule has 1 amide bonds. The van der Waals surface area contributed by atoms with E-state index in [0.29, 0.717) is 12.6 Å². The molecule has 3 aliphatic rings. The zero-order valence-electron chi connectivity index (χ0n) is 17.6. The summed E-state index contributed by atoms with van der Waals surface area (Å²) in [5.74, 6) is 1.14. The predicted molar refractivity (Wildman–Crippen MR) is 120 cm³/mol. The van der Waals surface area contributed by atoms with Gasteiger partial charge in [0, 0.05) is 60.5 Å². The lowest BCUT2D eigenvalue weighted by Crippen LogP contribution is -2.37. The van der Waals surface area contributed by atoms with E-state index in [1.54, 1.807) is 18.3 Å². The zero-order chi connectivity index (χ0) is 20.9. The second-order valence-corrected chi connectivity index (χ2v) is 9.41. The Kier molecular flexibility index (Phi) is 4.57. The van der Waals surface area contributed by atoms with Crippen molar-refractivity contribution in [2.24, 2.45) is 0 Å². The molecule has 7 nitrogen and oxygen atoms in total. The summed E-state index contributed by atoms with van der Waals surface area (Å²) in [6.45, 7) is 5.43. The van der Waals surface area contributed by atoms with Gasteiger partial charge in [0.05, 0.1) is 25.8 Å². The van der Waals surface area contributed by atoms with Crippen LogP contribution in [0.3, 0.4) is 0 Å². The van der Waals surface area contributed by atoms with Gasteiger partial charge in [-0.1, -0.05) is 0 Å². The number of rotatable bonds is 3. The number of benzene rings is 1. The van der Waals surface area contributed by atoms with E-state index in [-0.39, 0.29) is 5.91 Å². The summed E-state index contributed by atoms with van der Waals surface area (Å²) in [5, 5.41) is 8.19. The summed E-state index contributed by atoms with van der Waals surface area (Å²) in [7, 11) is 0. The van der Waals surface area contributed by atoms with Crippen LogP contribution in [-0.4, -0.2) is 51.9 Å². The van der Waals surface area contributed by atoms with Crippen LogP contribution in [0.15, 0.2) is 29.8 Å². The molecular weight excluding hydrogens is 410 g/mol. The lowest BCUT2D eigenvalue weighted by molar-refractivity contribution is -0.129. The van der Waals surface area contributed by atoms with E-state index in [2.05, 4.69) is 32.8 Å². The second kappa shape index (κ2) is 7.46. The van der Waals surface area contributed by atoms with Crippen molar-refractivity contribution in [2.75, 3.05) is 31.2 Å². The highest BCUT2D eigenvalue weighted by atomic mass is 32.1. The Hall–Kier alpha value is -2.71. The monoisotopic (exact) mass is 435 g/mol. The smallest absolute Gasteiger partial charge is 0.219 e. The second-order valence-electron chi connectivity index (χ2n) is 8.51. The molecule has 6 rings (SSSR count). The van der Waals surface area contributed by atoms with Gasteiger partial charge in [-0.25, -0.2) is 4.98 Å². The summed E-state index contributed by atoms with van der Waals surface area (Å²) >= 11 is 1.67. The first-order valence-electron chi connectivity index (χ1n) is 10.9. The van der Waals surface area contributed by atoms with Gasteiger partial charge < -0.3 is 14.5 Å². The predicted octanol–water partition coefficient (Wildman–Crippen LogP) is 3.57. The number of aryl methyl sites for hydroxylation is 1. The van der Waals surface area contributed by atoms with Crippen LogP contribution in [0.4, 0.5) is 11.5 Å². The molecule has 31 heavy (non-hydrogen) atoms. The molecule has 1 aromatic carbocycles. The van der Waals surface area contributed by atoms with Crippen molar-refractivity contribution in [2.45, 2.75) is 38.8 Å². The molecule has 1 fully saturated rings. The van der Waals surface area contributed by atoms with Crippen LogP contribution in [0.5, 0.6) is 0 Å². The van der Waals surface area contributed by atoms with E-state index in [0.717, 1.165) is 56.4 Å². The van der Waals surface area contributed by atoms with Gasteiger partial charge in [-0.2, -0.15) is 5.10 Å². The number of hydrogen-bond donors (Lipinski definition) is 0. The SMILES string of the molecule is CC(=O)N1CCc2c(c(N3CCCc4cc(-c5nccs5)ccc43)nn2C2COC2)C1. The fourth-order valence-electron chi connectivity index (χ4n) is 4.90. The normalized spacial score (nSPS) is 18.5. The number of hydrogen-bond acceptors (Lipinski definition) is 6. The molecule has 0 saturated carbocycles. The lowest BCUT2D eigenvalue weighted by atomic mass is 9.98. The summed E-state index contributed by atoms with van der Waals surface area (Å²) in [4.78, 5) is 20.9. The number of amides is 1. The van der Waals surface area contributed by atoms with Crippen molar-refractivity contribution in [3.63, 3.8) is 0 Å². The van der Waals surface area contributed by atoms with Gasteiger partial charge in [-0.05, 0) is 36.6 Å². The topological polar surface area (TPSA) is 63.5 Å². The van der Waals surface area contributed by atoms with Gasteiger partial charge in [0.2, 0.25) is 5.91 Å². The Morgan fingerprint density at radius 3 is 2.87 bits per heavy atom. The van der Waals surface area contributed by atoms with Crippen LogP contribution in [0.25, 0.3) is 10.6 Å². The maximum absolute atomic E-state index is 12.1. The Morgan fingerprint density at radius 1 is 1.23 bits per heavy atom. The maximum Gasteiger partial charge on any atom is 0.219 e. The van der Waals surface area contributed by atoms with E-state index in [9.17, 15) is 4.79 Å². The van der Waals surface area contributed by atoms with Crippen LogP contribution < -0.4 is 4.90 Å². The van der Waals surface area contributed by atoms with Crippen molar-refractivity contribution in [1.82, 2.24) is 19.7 Å². The minimum Gasteiger partial charge on any atom is -0.377 e. The Morgan fingerprint density at radius 2 is 2.13 bits per heavy atom. The minimum absolute atomic E-state index is 0.128. The first kappa shape index (κ1) is 19.0. The molecule has 0 spiro atoms. The summed E-state index contributed by atoms with van der Waals surface area (Å²) in [6, 6.07) is 6.98. The van der Waals surface area contributed by atoms with E-state index in [1.165, 1.54) is 28.1 Å². The number of fused-ring (bicyclic) bond motifs is 2. The molecule has 3 aromatic rings. The fourth-order valence-corrected chi connectivity index (χ4v) is 5.53. The van der Waals surface area contributed by atoms with Gasteiger partial charge in [-0.3, -0.25) is 9.48 Å². The van der Waals surface area contributed by atoms with Crippen molar-refractivity contribution in [1.29, 1.82) is 0 Å². The molecule has 8 heteroatoms. The van der Waals surface area contributed by atoms with Gasteiger partial charge >= 0.3 is 0 Å². The highest BCUT2D eigenvalue weighted by molar-refractivity contribution is 7.13. The van der Waals surface area contributed by atoms with Crippen LogP contribution in [-0.2, 0) is 28.9 Å². The highest BCUT2D eigenvalue weighted by Gasteiger charge is 2.34. The standard InChI is InChI=1S/C23H25N5O2S/c1-15(29)26-9-6-21-19(12-26)22(25-28(21)18-13-30-14-18)27-8-2-3-16-11-17(4-5-20(16)27)23-24-7-10-31-23/h4-5,7,10-11,18H,2-3,6,8-9,12-14H2,1H3. The molecule has 0 bridgehead atoms. The van der Waals surface area contributed by atoms with Gasteiger partial charge in [-0.15, -0.1) is 11.3 Å². The zero-order valence-corrected chi connectivity index (χ0v) is 18.4. The number of carbonyl (C=O) groups excluding carboxylic acids is 1. The van der Waals surface area contributed by atoms with Gasteiger partial charge in [0.1, 0.15) is 5.01 Å². The Labute approximate surface area is 185 Å². The summed E-state index contributed by atoms with van der Waals surface area (Å²) < 4.78 is 7.64. The molecule has 5 heterocycles. The first-order chi connectivity index (χ1) is 15.2. The van der Waals surface area contributed by atoms with Crippen LogP contribution in [0.1, 0.15) is 36.2 Å². The molecule has 160 valence electrons. The van der Waals surface area contributed by atoms with Crippen molar-refractivity contribution in [3.05, 3.63) is 46.6 Å². The number of aromatic nitrogens is 3. The number of ether oxygens (including phenoxy) is 1. The van der Waals surface area contributed by atoms with E-state index in [1.807, 2.05) is 16.5 Å². The number of carbonyl (C=O) groups is 1. The Balaban J connectivity index is 1.42.